The maximum absolute atomic E-state index is 13.2. The summed E-state index contributed by atoms with van der Waals surface area (Å²) < 4.78 is 8.36. The average Bonchev–Trinajstić information content (AvgIpc) is 3.24. The number of benzene rings is 2. The summed E-state index contributed by atoms with van der Waals surface area (Å²) in [4.78, 5) is 19.8. The average molecular weight is 405 g/mol. The van der Waals surface area contributed by atoms with Crippen LogP contribution in [0.5, 0.6) is 5.75 Å². The van der Waals surface area contributed by atoms with Crippen LogP contribution in [0.1, 0.15) is 52.7 Å². The van der Waals surface area contributed by atoms with Crippen LogP contribution in [0.25, 0.3) is 11.0 Å². The van der Waals surface area contributed by atoms with E-state index in [1.807, 2.05) is 53.8 Å². The molecule has 0 bridgehead atoms. The van der Waals surface area contributed by atoms with Gasteiger partial charge in [0.2, 0.25) is 0 Å². The number of imidazole rings is 1. The Morgan fingerprint density at radius 1 is 1.17 bits per heavy atom. The molecule has 1 N–H and O–H groups in total. The third kappa shape index (κ3) is 3.16. The fourth-order valence-electron chi connectivity index (χ4n) is 4.68. The predicted octanol–water partition coefficient (Wildman–Crippen LogP) is 3.54. The number of amides is 1. The van der Waals surface area contributed by atoms with E-state index in [1.165, 1.54) is 6.42 Å². The molecule has 0 unspecified atom stereocenters. The molecule has 1 aromatic heterocycles. The van der Waals surface area contributed by atoms with Gasteiger partial charge in [0.15, 0.2) is 6.10 Å². The van der Waals surface area contributed by atoms with E-state index >= 15 is 0 Å². The first-order chi connectivity index (χ1) is 14.5. The molecule has 2 aromatic carbocycles. The number of carbonyl (C=O) groups excluding carboxylic acids is 1. The minimum atomic E-state index is -0.622. The highest BCUT2D eigenvalue weighted by Crippen LogP contribution is 2.38. The third-order valence-corrected chi connectivity index (χ3v) is 6.46. The summed E-state index contributed by atoms with van der Waals surface area (Å²) in [7, 11) is 1.95. The van der Waals surface area contributed by atoms with Crippen LogP contribution in [0, 0.1) is 6.92 Å². The van der Waals surface area contributed by atoms with Gasteiger partial charge in [0, 0.05) is 32.1 Å². The summed E-state index contributed by atoms with van der Waals surface area (Å²) in [6.45, 7) is 3.54. The van der Waals surface area contributed by atoms with E-state index in [0.29, 0.717) is 17.7 Å². The van der Waals surface area contributed by atoms with E-state index in [2.05, 4.69) is 4.98 Å². The van der Waals surface area contributed by atoms with Crippen molar-refractivity contribution in [2.24, 2.45) is 7.05 Å². The first-order valence-corrected chi connectivity index (χ1v) is 10.7. The van der Waals surface area contributed by atoms with Gasteiger partial charge in [0.1, 0.15) is 17.1 Å². The highest BCUT2D eigenvalue weighted by atomic mass is 16.5. The molecular formula is C24H27N3O3. The summed E-state index contributed by atoms with van der Waals surface area (Å²) in [5.74, 6) is 1.44. The molecule has 1 aliphatic heterocycles. The summed E-state index contributed by atoms with van der Waals surface area (Å²) in [5.41, 5.74) is 4.30. The number of carbonyl (C=O) groups is 1. The van der Waals surface area contributed by atoms with Gasteiger partial charge >= 0.3 is 0 Å². The number of aliphatic hydroxyl groups is 1. The van der Waals surface area contributed by atoms with Gasteiger partial charge in [-0.15, -0.1) is 0 Å². The van der Waals surface area contributed by atoms with Crippen LogP contribution in [0.2, 0.25) is 0 Å². The predicted molar refractivity (Wildman–Crippen MR) is 115 cm³/mol. The van der Waals surface area contributed by atoms with Crippen molar-refractivity contribution in [3.05, 3.63) is 58.9 Å². The molecule has 6 nitrogen and oxygen atoms in total. The second kappa shape index (κ2) is 7.43. The van der Waals surface area contributed by atoms with Crippen molar-refractivity contribution in [3.63, 3.8) is 0 Å². The number of likely N-dealkylation sites (tertiary alicyclic amines) is 1. The minimum absolute atomic E-state index is 0.0349. The molecule has 30 heavy (non-hydrogen) atoms. The lowest BCUT2D eigenvalue weighted by Gasteiger charge is -2.27. The number of aryl methyl sites for hydroxylation is 2. The zero-order valence-corrected chi connectivity index (χ0v) is 17.5. The van der Waals surface area contributed by atoms with Gasteiger partial charge in [0.25, 0.3) is 5.91 Å². The van der Waals surface area contributed by atoms with Crippen molar-refractivity contribution in [2.45, 2.75) is 44.8 Å². The Hall–Kier alpha value is -2.86. The third-order valence-electron chi connectivity index (χ3n) is 6.46. The van der Waals surface area contributed by atoms with Crippen molar-refractivity contribution in [1.29, 1.82) is 0 Å². The van der Waals surface area contributed by atoms with Crippen molar-refractivity contribution in [1.82, 2.24) is 14.5 Å². The second-order valence-corrected chi connectivity index (χ2v) is 8.42. The first-order valence-electron chi connectivity index (χ1n) is 10.7. The van der Waals surface area contributed by atoms with E-state index in [4.69, 9.17) is 4.74 Å². The summed E-state index contributed by atoms with van der Waals surface area (Å²) in [6, 6.07) is 11.7. The second-order valence-electron chi connectivity index (χ2n) is 8.42. The molecule has 3 aromatic rings. The van der Waals surface area contributed by atoms with Crippen LogP contribution < -0.4 is 4.74 Å². The smallest absolute Gasteiger partial charge is 0.254 e. The molecule has 1 aliphatic carbocycles. The minimum Gasteiger partial charge on any atom is -0.481 e. The SMILES string of the molecule is Cc1nc2c(O[C@@H]3c4ccccc4C[C@H]3O)cc(C(=O)N3CCCCC3)cc2n1C. The van der Waals surface area contributed by atoms with E-state index in [9.17, 15) is 9.90 Å². The van der Waals surface area contributed by atoms with Gasteiger partial charge in [-0.3, -0.25) is 4.79 Å². The standard InChI is InChI=1S/C24H27N3O3/c1-15-25-22-19(26(15)2)12-17(24(29)27-10-6-3-7-11-27)14-21(22)30-23-18-9-5-4-8-16(18)13-20(23)28/h4-5,8-9,12,14,20,23,28H,3,6-7,10-11,13H2,1-2H3/t20-,23-/m1/s1. The molecule has 6 heteroatoms. The topological polar surface area (TPSA) is 67.6 Å². The maximum Gasteiger partial charge on any atom is 0.254 e. The molecule has 156 valence electrons. The van der Waals surface area contributed by atoms with E-state index in [1.54, 1.807) is 6.07 Å². The lowest BCUT2D eigenvalue weighted by Crippen LogP contribution is -2.35. The van der Waals surface area contributed by atoms with Gasteiger partial charge in [-0.05, 0) is 49.4 Å². The fraction of sp³-hybridized carbons (Fsp3) is 0.417. The largest absolute Gasteiger partial charge is 0.481 e. The van der Waals surface area contributed by atoms with E-state index in [-0.39, 0.29) is 5.91 Å². The molecular weight excluding hydrogens is 378 g/mol. The highest BCUT2D eigenvalue weighted by Gasteiger charge is 2.33. The molecule has 1 saturated heterocycles. The Kier molecular flexibility index (Phi) is 4.74. The molecule has 0 radical (unpaired) electrons. The molecule has 5 rings (SSSR count). The van der Waals surface area contributed by atoms with Gasteiger partial charge in [-0.2, -0.15) is 0 Å². The zero-order valence-electron chi connectivity index (χ0n) is 17.5. The molecule has 1 fully saturated rings. The molecule has 0 saturated carbocycles. The molecule has 2 atom stereocenters. The number of ether oxygens (including phenoxy) is 1. The molecule has 0 spiro atoms. The quantitative estimate of drug-likeness (QED) is 0.724. The lowest BCUT2D eigenvalue weighted by atomic mass is 10.1. The van der Waals surface area contributed by atoms with Crippen LogP contribution >= 0.6 is 0 Å². The van der Waals surface area contributed by atoms with Crippen molar-refractivity contribution in [3.8, 4) is 5.75 Å². The Morgan fingerprint density at radius 2 is 1.93 bits per heavy atom. The van der Waals surface area contributed by atoms with Crippen LogP contribution in [-0.4, -0.2) is 44.7 Å². The summed E-state index contributed by atoms with van der Waals surface area (Å²) in [5, 5.41) is 10.7. The van der Waals surface area contributed by atoms with Crippen LogP contribution in [0.4, 0.5) is 0 Å². The van der Waals surface area contributed by atoms with Crippen molar-refractivity contribution < 1.29 is 14.6 Å². The number of fused-ring (bicyclic) bond motifs is 2. The summed E-state index contributed by atoms with van der Waals surface area (Å²) in [6.07, 6.45) is 2.76. The highest BCUT2D eigenvalue weighted by molar-refractivity contribution is 5.99. The van der Waals surface area contributed by atoms with Crippen molar-refractivity contribution >= 4 is 16.9 Å². The Bertz CT molecular complexity index is 1110. The Morgan fingerprint density at radius 3 is 2.73 bits per heavy atom. The summed E-state index contributed by atoms with van der Waals surface area (Å²) >= 11 is 0. The number of hydrogen-bond donors (Lipinski definition) is 1. The van der Waals surface area contributed by atoms with Gasteiger partial charge in [-0.25, -0.2) is 4.98 Å². The van der Waals surface area contributed by atoms with E-state index < -0.39 is 12.2 Å². The van der Waals surface area contributed by atoms with E-state index in [0.717, 1.165) is 53.9 Å². The molecule has 2 aliphatic rings. The van der Waals surface area contributed by atoms with Crippen molar-refractivity contribution in [2.75, 3.05) is 13.1 Å². The number of rotatable bonds is 3. The van der Waals surface area contributed by atoms with Gasteiger partial charge < -0.3 is 19.3 Å². The number of piperidine rings is 1. The Labute approximate surface area is 176 Å². The Balaban J connectivity index is 1.57. The lowest BCUT2D eigenvalue weighted by molar-refractivity contribution is 0.0503. The monoisotopic (exact) mass is 405 g/mol. The first kappa shape index (κ1) is 19.1. The van der Waals surface area contributed by atoms with Gasteiger partial charge in [-0.1, -0.05) is 24.3 Å². The molecule has 2 heterocycles. The van der Waals surface area contributed by atoms with Crippen LogP contribution in [0.3, 0.4) is 0 Å². The fourth-order valence-corrected chi connectivity index (χ4v) is 4.68. The van der Waals surface area contributed by atoms with Crippen LogP contribution in [-0.2, 0) is 13.5 Å². The number of aromatic nitrogens is 2. The van der Waals surface area contributed by atoms with Gasteiger partial charge in [0.05, 0.1) is 11.6 Å². The normalized spacial score (nSPS) is 21.1. The zero-order chi connectivity index (χ0) is 20.8. The number of hydrogen-bond acceptors (Lipinski definition) is 4. The van der Waals surface area contributed by atoms with Crippen LogP contribution in [0.15, 0.2) is 36.4 Å². The molecule has 1 amide bonds. The number of aliphatic hydroxyl groups excluding tert-OH is 1. The maximum atomic E-state index is 13.2. The number of nitrogens with zero attached hydrogens (tertiary/aromatic N) is 3.